The van der Waals surface area contributed by atoms with Gasteiger partial charge in [0, 0.05) is 12.3 Å². The van der Waals surface area contributed by atoms with Crippen LogP contribution in [0.4, 0.5) is 5.69 Å². The number of hydrogen-bond donors (Lipinski definition) is 1. The van der Waals surface area contributed by atoms with E-state index in [0.29, 0.717) is 23.6 Å². The minimum Gasteiger partial charge on any atom is -0.469 e. The van der Waals surface area contributed by atoms with Gasteiger partial charge in [-0.15, -0.1) is 0 Å². The van der Waals surface area contributed by atoms with Crippen LogP contribution in [0.3, 0.4) is 0 Å². The van der Waals surface area contributed by atoms with Crippen molar-refractivity contribution in [3.05, 3.63) is 47.9 Å². The Labute approximate surface area is 140 Å². The van der Waals surface area contributed by atoms with E-state index in [4.69, 9.17) is 9.15 Å². The van der Waals surface area contributed by atoms with Gasteiger partial charge in [-0.2, -0.15) is 0 Å². The van der Waals surface area contributed by atoms with Gasteiger partial charge >= 0.3 is 0 Å². The molecule has 1 aliphatic rings. The third-order valence-electron chi connectivity index (χ3n) is 4.00. The molecule has 0 saturated carbocycles. The molecule has 24 heavy (non-hydrogen) atoms. The van der Waals surface area contributed by atoms with E-state index >= 15 is 0 Å². The van der Waals surface area contributed by atoms with Crippen LogP contribution >= 0.6 is 0 Å². The molecular formula is C17H19NO5S. The molecule has 0 aliphatic carbocycles. The van der Waals surface area contributed by atoms with Crippen molar-refractivity contribution < 1.29 is 22.4 Å². The van der Waals surface area contributed by atoms with Gasteiger partial charge in [0.2, 0.25) is 0 Å². The van der Waals surface area contributed by atoms with E-state index < -0.39 is 9.84 Å². The maximum atomic E-state index is 12.4. The van der Waals surface area contributed by atoms with Gasteiger partial charge < -0.3 is 14.5 Å². The third kappa shape index (κ3) is 3.68. The fraction of sp³-hybridized carbons (Fsp3) is 0.353. The normalized spacial score (nSPS) is 17.8. The summed E-state index contributed by atoms with van der Waals surface area (Å²) < 4.78 is 35.2. The largest absolute Gasteiger partial charge is 0.469 e. The number of ether oxygens (including phenoxy) is 1. The van der Waals surface area contributed by atoms with Crippen molar-refractivity contribution in [2.24, 2.45) is 0 Å². The SMILES string of the molecule is Cc1occc1C(=O)Nc1ccc(S(=O)(=O)C[C@H]2CCCO2)cc1. The van der Waals surface area contributed by atoms with E-state index in [1.165, 1.54) is 18.4 Å². The molecule has 1 amide bonds. The van der Waals surface area contributed by atoms with Gasteiger partial charge in [-0.05, 0) is 50.1 Å². The molecule has 1 fully saturated rings. The molecule has 1 aromatic carbocycles. The molecule has 1 aliphatic heterocycles. The number of carbonyl (C=O) groups is 1. The van der Waals surface area contributed by atoms with Crippen LogP contribution in [0.15, 0.2) is 45.9 Å². The number of amides is 1. The van der Waals surface area contributed by atoms with Gasteiger partial charge in [-0.1, -0.05) is 0 Å². The lowest BCUT2D eigenvalue weighted by Crippen LogP contribution is -2.20. The zero-order chi connectivity index (χ0) is 17.2. The highest BCUT2D eigenvalue weighted by Crippen LogP contribution is 2.21. The van der Waals surface area contributed by atoms with E-state index in [9.17, 15) is 13.2 Å². The highest BCUT2D eigenvalue weighted by Gasteiger charge is 2.24. The van der Waals surface area contributed by atoms with Crippen molar-refractivity contribution in [1.29, 1.82) is 0 Å². The summed E-state index contributed by atoms with van der Waals surface area (Å²) in [7, 11) is -3.39. The Morgan fingerprint density at radius 2 is 2.00 bits per heavy atom. The summed E-state index contributed by atoms with van der Waals surface area (Å²) in [5, 5.41) is 2.72. The zero-order valence-electron chi connectivity index (χ0n) is 13.3. The van der Waals surface area contributed by atoms with Crippen molar-refractivity contribution in [1.82, 2.24) is 0 Å². The molecule has 1 atom stereocenters. The summed E-state index contributed by atoms with van der Waals surface area (Å²) >= 11 is 0. The van der Waals surface area contributed by atoms with Gasteiger partial charge in [0.15, 0.2) is 9.84 Å². The molecule has 0 bridgehead atoms. The molecule has 128 valence electrons. The van der Waals surface area contributed by atoms with Crippen LogP contribution < -0.4 is 5.32 Å². The predicted molar refractivity (Wildman–Crippen MR) is 88.9 cm³/mol. The molecule has 6 nitrogen and oxygen atoms in total. The monoisotopic (exact) mass is 349 g/mol. The molecular weight excluding hydrogens is 330 g/mol. The summed E-state index contributed by atoms with van der Waals surface area (Å²) in [4.78, 5) is 12.3. The van der Waals surface area contributed by atoms with Crippen molar-refractivity contribution in [3.8, 4) is 0 Å². The van der Waals surface area contributed by atoms with Gasteiger partial charge in [0.05, 0.1) is 28.6 Å². The lowest BCUT2D eigenvalue weighted by molar-refractivity contribution is 0.102. The van der Waals surface area contributed by atoms with Crippen LogP contribution in [0.5, 0.6) is 0 Å². The molecule has 0 spiro atoms. The van der Waals surface area contributed by atoms with Crippen LogP contribution in [-0.2, 0) is 14.6 Å². The second-order valence-electron chi connectivity index (χ2n) is 5.79. The number of furan rings is 1. The molecule has 3 rings (SSSR count). The zero-order valence-corrected chi connectivity index (χ0v) is 14.1. The second-order valence-corrected chi connectivity index (χ2v) is 7.82. The number of benzene rings is 1. The summed E-state index contributed by atoms with van der Waals surface area (Å²) in [6.45, 7) is 2.33. The van der Waals surface area contributed by atoms with Gasteiger partial charge in [-0.25, -0.2) is 8.42 Å². The first-order valence-electron chi connectivity index (χ1n) is 7.75. The molecule has 7 heteroatoms. The molecule has 0 unspecified atom stereocenters. The quantitative estimate of drug-likeness (QED) is 0.897. The second kappa shape index (κ2) is 6.78. The lowest BCUT2D eigenvalue weighted by Gasteiger charge is -2.11. The Morgan fingerprint density at radius 1 is 1.25 bits per heavy atom. The number of aryl methyl sites for hydroxylation is 1. The first-order chi connectivity index (χ1) is 11.5. The lowest BCUT2D eigenvalue weighted by atomic mass is 10.2. The maximum Gasteiger partial charge on any atom is 0.259 e. The molecule has 2 aromatic rings. The number of sulfone groups is 1. The van der Waals surface area contributed by atoms with E-state index in [0.717, 1.165) is 12.8 Å². The molecule has 0 radical (unpaired) electrons. The highest BCUT2D eigenvalue weighted by atomic mass is 32.2. The molecule has 1 saturated heterocycles. The first kappa shape index (κ1) is 16.7. The van der Waals surface area contributed by atoms with Gasteiger partial charge in [-0.3, -0.25) is 4.79 Å². The van der Waals surface area contributed by atoms with E-state index in [2.05, 4.69) is 5.32 Å². The topological polar surface area (TPSA) is 85.6 Å². The standard InChI is InChI=1S/C17H19NO5S/c1-12-16(8-10-22-12)17(19)18-13-4-6-15(7-5-13)24(20,21)11-14-3-2-9-23-14/h4-8,10,14H,2-3,9,11H2,1H3,(H,18,19)/t14-/m1/s1. The summed E-state index contributed by atoms with van der Waals surface area (Å²) in [5.41, 5.74) is 0.974. The van der Waals surface area contributed by atoms with E-state index in [1.54, 1.807) is 25.1 Å². The van der Waals surface area contributed by atoms with Crippen LogP contribution in [0.2, 0.25) is 0 Å². The summed E-state index contributed by atoms with van der Waals surface area (Å²) in [5.74, 6) is 0.229. The van der Waals surface area contributed by atoms with Crippen molar-refractivity contribution in [2.45, 2.75) is 30.8 Å². The summed E-state index contributed by atoms with van der Waals surface area (Å²) in [6.07, 6.45) is 2.90. The molecule has 2 heterocycles. The highest BCUT2D eigenvalue weighted by molar-refractivity contribution is 7.91. The number of rotatable bonds is 5. The van der Waals surface area contributed by atoms with Crippen molar-refractivity contribution in [2.75, 3.05) is 17.7 Å². The maximum absolute atomic E-state index is 12.4. The number of carbonyl (C=O) groups excluding carboxylic acids is 1. The Kier molecular flexibility index (Phi) is 4.73. The number of hydrogen-bond acceptors (Lipinski definition) is 5. The summed E-state index contributed by atoms with van der Waals surface area (Å²) in [6, 6.07) is 7.75. The fourth-order valence-corrected chi connectivity index (χ4v) is 4.18. The average molecular weight is 349 g/mol. The fourth-order valence-electron chi connectivity index (χ4n) is 2.68. The number of anilines is 1. The van der Waals surface area contributed by atoms with Crippen LogP contribution in [0.25, 0.3) is 0 Å². The van der Waals surface area contributed by atoms with Crippen LogP contribution in [0.1, 0.15) is 29.0 Å². The van der Waals surface area contributed by atoms with Gasteiger partial charge in [0.1, 0.15) is 5.76 Å². The van der Waals surface area contributed by atoms with Crippen LogP contribution in [0, 0.1) is 6.92 Å². The predicted octanol–water partition coefficient (Wildman–Crippen LogP) is 2.79. The Hall–Kier alpha value is -2.12. The minimum absolute atomic E-state index is 0.00702. The average Bonchev–Trinajstić information content (AvgIpc) is 3.19. The Bertz CT molecular complexity index is 817. The Balaban J connectivity index is 1.68. The molecule has 1 aromatic heterocycles. The third-order valence-corrected chi connectivity index (χ3v) is 5.81. The van der Waals surface area contributed by atoms with E-state index in [-0.39, 0.29) is 22.7 Å². The minimum atomic E-state index is -3.39. The van der Waals surface area contributed by atoms with E-state index in [1.807, 2.05) is 0 Å². The number of nitrogens with one attached hydrogen (secondary N) is 1. The van der Waals surface area contributed by atoms with Gasteiger partial charge in [0.25, 0.3) is 5.91 Å². The smallest absolute Gasteiger partial charge is 0.259 e. The molecule has 1 N–H and O–H groups in total. The Morgan fingerprint density at radius 3 is 2.58 bits per heavy atom. The van der Waals surface area contributed by atoms with Crippen LogP contribution in [-0.4, -0.2) is 32.8 Å². The first-order valence-corrected chi connectivity index (χ1v) is 9.41. The van der Waals surface area contributed by atoms with Crippen molar-refractivity contribution in [3.63, 3.8) is 0 Å². The van der Waals surface area contributed by atoms with Crippen molar-refractivity contribution >= 4 is 21.4 Å².